The molecule has 0 atom stereocenters. The summed E-state index contributed by atoms with van der Waals surface area (Å²) in [5, 5.41) is 13.0. The molecule has 0 saturated heterocycles. The van der Waals surface area contributed by atoms with Gasteiger partial charge in [0.25, 0.3) is 0 Å². The molecule has 0 spiro atoms. The van der Waals surface area contributed by atoms with E-state index >= 15 is 0 Å². The van der Waals surface area contributed by atoms with Crippen molar-refractivity contribution in [1.29, 1.82) is 0 Å². The smallest absolute Gasteiger partial charge is 0.0603 e. The van der Waals surface area contributed by atoms with Crippen LogP contribution in [0.2, 0.25) is 0 Å². The lowest BCUT2D eigenvalue weighted by atomic mass is 9.83. The molecular formula is C13H27NO. The average Bonchev–Trinajstić information content (AvgIpc) is 2.14. The maximum atomic E-state index is 9.55. The van der Waals surface area contributed by atoms with Crippen molar-refractivity contribution in [1.82, 2.24) is 5.32 Å². The van der Waals surface area contributed by atoms with Crippen molar-refractivity contribution in [2.75, 3.05) is 13.1 Å². The third-order valence-electron chi connectivity index (χ3n) is 3.48. The summed E-state index contributed by atoms with van der Waals surface area (Å²) in [7, 11) is 0. The van der Waals surface area contributed by atoms with E-state index in [-0.39, 0.29) is 0 Å². The van der Waals surface area contributed by atoms with Crippen LogP contribution in [0.3, 0.4) is 0 Å². The van der Waals surface area contributed by atoms with E-state index in [0.717, 1.165) is 31.3 Å². The first-order valence-corrected chi connectivity index (χ1v) is 6.40. The Labute approximate surface area is 94.5 Å². The number of hydrogen-bond acceptors (Lipinski definition) is 2. The van der Waals surface area contributed by atoms with E-state index in [1.54, 1.807) is 0 Å². The average molecular weight is 213 g/mol. The highest BCUT2D eigenvalue weighted by molar-refractivity contribution is 4.73. The molecule has 0 aromatic heterocycles. The summed E-state index contributed by atoms with van der Waals surface area (Å²) in [6.45, 7) is 8.18. The largest absolute Gasteiger partial charge is 0.390 e. The molecule has 1 rings (SSSR count). The van der Waals surface area contributed by atoms with Gasteiger partial charge >= 0.3 is 0 Å². The van der Waals surface area contributed by atoms with Gasteiger partial charge in [-0.1, -0.05) is 19.8 Å². The van der Waals surface area contributed by atoms with Gasteiger partial charge in [-0.3, -0.25) is 0 Å². The van der Waals surface area contributed by atoms with Gasteiger partial charge in [0, 0.05) is 0 Å². The van der Waals surface area contributed by atoms with Crippen LogP contribution in [0, 0.1) is 11.8 Å². The van der Waals surface area contributed by atoms with Crippen molar-refractivity contribution in [3.8, 4) is 0 Å². The molecule has 1 aliphatic rings. The molecule has 1 saturated carbocycles. The Kier molecular flexibility index (Phi) is 5.07. The molecule has 0 heterocycles. The van der Waals surface area contributed by atoms with Gasteiger partial charge in [-0.05, 0) is 58.0 Å². The minimum absolute atomic E-state index is 0.520. The zero-order chi connectivity index (χ0) is 11.3. The number of hydrogen-bond donors (Lipinski definition) is 2. The van der Waals surface area contributed by atoms with Crippen LogP contribution in [0.25, 0.3) is 0 Å². The second-order valence-electron chi connectivity index (χ2n) is 5.89. The van der Waals surface area contributed by atoms with Crippen LogP contribution in [-0.4, -0.2) is 23.8 Å². The van der Waals surface area contributed by atoms with E-state index in [1.165, 1.54) is 25.7 Å². The van der Waals surface area contributed by atoms with Crippen molar-refractivity contribution >= 4 is 0 Å². The van der Waals surface area contributed by atoms with Gasteiger partial charge in [0.05, 0.1) is 5.60 Å². The zero-order valence-electron chi connectivity index (χ0n) is 10.6. The summed E-state index contributed by atoms with van der Waals surface area (Å²) in [5.41, 5.74) is -0.520. The second kappa shape index (κ2) is 5.86. The molecule has 0 aromatic carbocycles. The fourth-order valence-corrected chi connectivity index (χ4v) is 2.23. The summed E-state index contributed by atoms with van der Waals surface area (Å²) in [5.74, 6) is 1.82. The highest BCUT2D eigenvalue weighted by Crippen LogP contribution is 2.27. The second-order valence-corrected chi connectivity index (χ2v) is 5.89. The van der Waals surface area contributed by atoms with Crippen molar-refractivity contribution in [2.24, 2.45) is 11.8 Å². The summed E-state index contributed by atoms with van der Waals surface area (Å²) in [4.78, 5) is 0. The van der Waals surface area contributed by atoms with Gasteiger partial charge < -0.3 is 10.4 Å². The Bertz CT molecular complexity index is 166. The van der Waals surface area contributed by atoms with E-state index in [1.807, 2.05) is 13.8 Å². The number of aliphatic hydroxyl groups is 1. The first-order valence-electron chi connectivity index (χ1n) is 6.40. The predicted octanol–water partition coefficient (Wildman–Crippen LogP) is 2.56. The fourth-order valence-electron chi connectivity index (χ4n) is 2.23. The predicted molar refractivity (Wildman–Crippen MR) is 64.9 cm³/mol. The highest BCUT2D eigenvalue weighted by atomic mass is 16.3. The maximum Gasteiger partial charge on any atom is 0.0603 e. The number of nitrogens with one attached hydrogen (secondary N) is 1. The molecular weight excluding hydrogens is 186 g/mol. The van der Waals surface area contributed by atoms with Crippen molar-refractivity contribution in [3.63, 3.8) is 0 Å². The Morgan fingerprint density at radius 2 is 1.80 bits per heavy atom. The van der Waals surface area contributed by atoms with Crippen molar-refractivity contribution in [2.45, 2.75) is 58.5 Å². The van der Waals surface area contributed by atoms with E-state index < -0.39 is 5.60 Å². The lowest BCUT2D eigenvalue weighted by molar-refractivity contribution is 0.0707. The molecule has 2 N–H and O–H groups in total. The molecule has 0 bridgehead atoms. The van der Waals surface area contributed by atoms with Gasteiger partial charge in [0.1, 0.15) is 0 Å². The first-order chi connectivity index (χ1) is 6.97. The molecule has 90 valence electrons. The minimum Gasteiger partial charge on any atom is -0.390 e. The Hall–Kier alpha value is -0.0800. The van der Waals surface area contributed by atoms with Gasteiger partial charge in [-0.25, -0.2) is 0 Å². The third-order valence-corrected chi connectivity index (χ3v) is 3.48. The van der Waals surface area contributed by atoms with Gasteiger partial charge in [0.2, 0.25) is 0 Å². The van der Waals surface area contributed by atoms with Gasteiger partial charge in [-0.2, -0.15) is 0 Å². The molecule has 1 fully saturated rings. The molecule has 0 aliphatic heterocycles. The van der Waals surface area contributed by atoms with Crippen LogP contribution < -0.4 is 5.32 Å². The Morgan fingerprint density at radius 3 is 2.33 bits per heavy atom. The molecule has 0 amide bonds. The van der Waals surface area contributed by atoms with Crippen LogP contribution in [0.15, 0.2) is 0 Å². The molecule has 15 heavy (non-hydrogen) atoms. The zero-order valence-corrected chi connectivity index (χ0v) is 10.6. The third kappa shape index (κ3) is 6.16. The van der Waals surface area contributed by atoms with Crippen LogP contribution in [-0.2, 0) is 0 Å². The fraction of sp³-hybridized carbons (Fsp3) is 1.00. The first kappa shape index (κ1) is 13.0. The lowest BCUT2D eigenvalue weighted by Crippen LogP contribution is -2.31. The molecule has 0 unspecified atom stereocenters. The van der Waals surface area contributed by atoms with E-state index in [4.69, 9.17) is 0 Å². The van der Waals surface area contributed by atoms with Crippen LogP contribution >= 0.6 is 0 Å². The van der Waals surface area contributed by atoms with Gasteiger partial charge in [-0.15, -0.1) is 0 Å². The standard InChI is InChI=1S/C13H27NO/c1-11-4-6-12(7-5-11)10-14-9-8-13(2,3)15/h11-12,14-15H,4-10H2,1-3H3. The highest BCUT2D eigenvalue weighted by Gasteiger charge is 2.18. The van der Waals surface area contributed by atoms with E-state index in [0.29, 0.717) is 0 Å². The van der Waals surface area contributed by atoms with E-state index in [9.17, 15) is 5.11 Å². The van der Waals surface area contributed by atoms with Crippen LogP contribution in [0.5, 0.6) is 0 Å². The molecule has 2 nitrogen and oxygen atoms in total. The molecule has 0 aromatic rings. The number of rotatable bonds is 5. The topological polar surface area (TPSA) is 32.3 Å². The van der Waals surface area contributed by atoms with Crippen LogP contribution in [0.1, 0.15) is 52.9 Å². The summed E-state index contributed by atoms with van der Waals surface area (Å²) in [6.07, 6.45) is 6.42. The quantitative estimate of drug-likeness (QED) is 0.688. The monoisotopic (exact) mass is 213 g/mol. The van der Waals surface area contributed by atoms with Crippen molar-refractivity contribution in [3.05, 3.63) is 0 Å². The van der Waals surface area contributed by atoms with Gasteiger partial charge in [0.15, 0.2) is 0 Å². The minimum atomic E-state index is -0.520. The Balaban J connectivity index is 2.01. The van der Waals surface area contributed by atoms with Crippen LogP contribution in [0.4, 0.5) is 0 Å². The summed E-state index contributed by atoms with van der Waals surface area (Å²) in [6, 6.07) is 0. The molecule has 0 radical (unpaired) electrons. The molecule has 2 heteroatoms. The Morgan fingerprint density at radius 1 is 1.20 bits per heavy atom. The van der Waals surface area contributed by atoms with Crippen molar-refractivity contribution < 1.29 is 5.11 Å². The summed E-state index contributed by atoms with van der Waals surface area (Å²) < 4.78 is 0. The maximum absolute atomic E-state index is 9.55. The lowest BCUT2D eigenvalue weighted by Gasteiger charge is -2.26. The normalized spacial score (nSPS) is 28.0. The SMILES string of the molecule is CC1CCC(CNCCC(C)(C)O)CC1. The van der Waals surface area contributed by atoms with E-state index in [2.05, 4.69) is 12.2 Å². The summed E-state index contributed by atoms with van der Waals surface area (Å²) >= 11 is 0. The molecule has 1 aliphatic carbocycles.